The van der Waals surface area contributed by atoms with Gasteiger partial charge in [0.05, 0.1) is 16.9 Å². The summed E-state index contributed by atoms with van der Waals surface area (Å²) >= 11 is 0. The lowest BCUT2D eigenvalue weighted by molar-refractivity contribution is -0.117. The van der Waals surface area contributed by atoms with E-state index in [0.29, 0.717) is 17.9 Å². The van der Waals surface area contributed by atoms with Gasteiger partial charge in [0.2, 0.25) is 5.91 Å². The number of anilines is 2. The molecular weight excluding hydrogens is 222 g/mol. The van der Waals surface area contributed by atoms with Gasteiger partial charge in [-0.2, -0.15) is 0 Å². The van der Waals surface area contributed by atoms with Crippen LogP contribution >= 0.6 is 0 Å². The monoisotopic (exact) mass is 237 g/mol. The predicted molar refractivity (Wildman–Crippen MR) is 64.9 cm³/mol. The molecule has 0 aliphatic rings. The second-order valence-corrected chi connectivity index (χ2v) is 3.72. The SMILES string of the molecule is CN(CCC(N)=O)c1ccc(C(=O)O)cc1N. The number of amides is 1. The van der Waals surface area contributed by atoms with Crippen molar-refractivity contribution in [3.05, 3.63) is 23.8 Å². The van der Waals surface area contributed by atoms with Gasteiger partial charge >= 0.3 is 5.97 Å². The Morgan fingerprint density at radius 2 is 2.06 bits per heavy atom. The lowest BCUT2D eigenvalue weighted by Gasteiger charge is -2.20. The molecule has 0 aliphatic carbocycles. The molecular formula is C11H15N3O3. The Labute approximate surface area is 98.8 Å². The molecule has 1 rings (SSSR count). The number of nitrogens with two attached hydrogens (primary N) is 2. The van der Waals surface area contributed by atoms with Gasteiger partial charge in [-0.3, -0.25) is 4.79 Å². The number of carbonyl (C=O) groups excluding carboxylic acids is 1. The number of carboxylic acids is 1. The number of hydrogen-bond acceptors (Lipinski definition) is 4. The first-order chi connectivity index (χ1) is 7.91. The third-order valence-corrected chi connectivity index (χ3v) is 2.38. The Morgan fingerprint density at radius 1 is 1.41 bits per heavy atom. The third kappa shape index (κ3) is 3.37. The maximum atomic E-state index is 10.7. The van der Waals surface area contributed by atoms with Crippen LogP contribution in [0.5, 0.6) is 0 Å². The number of hydrogen-bond donors (Lipinski definition) is 3. The molecule has 0 fully saturated rings. The fraction of sp³-hybridized carbons (Fsp3) is 0.273. The molecule has 0 heterocycles. The molecule has 17 heavy (non-hydrogen) atoms. The van der Waals surface area contributed by atoms with Crippen molar-refractivity contribution < 1.29 is 14.7 Å². The van der Waals surface area contributed by atoms with E-state index < -0.39 is 11.9 Å². The molecule has 0 bridgehead atoms. The highest BCUT2D eigenvalue weighted by atomic mass is 16.4. The fourth-order valence-corrected chi connectivity index (χ4v) is 1.43. The molecule has 92 valence electrons. The molecule has 0 aromatic heterocycles. The Kier molecular flexibility index (Phi) is 3.92. The predicted octanol–water partition coefficient (Wildman–Crippen LogP) is 0.279. The maximum absolute atomic E-state index is 10.7. The summed E-state index contributed by atoms with van der Waals surface area (Å²) in [7, 11) is 1.76. The van der Waals surface area contributed by atoms with Crippen molar-refractivity contribution in [1.29, 1.82) is 0 Å². The minimum absolute atomic E-state index is 0.134. The Morgan fingerprint density at radius 3 is 2.53 bits per heavy atom. The van der Waals surface area contributed by atoms with Crippen LogP contribution in [0.2, 0.25) is 0 Å². The molecule has 0 aliphatic heterocycles. The summed E-state index contributed by atoms with van der Waals surface area (Å²) in [5.41, 5.74) is 12.0. The smallest absolute Gasteiger partial charge is 0.335 e. The summed E-state index contributed by atoms with van der Waals surface area (Å²) in [5.74, 6) is -1.42. The van der Waals surface area contributed by atoms with Crippen LogP contribution in [0.15, 0.2) is 18.2 Å². The largest absolute Gasteiger partial charge is 0.478 e. The van der Waals surface area contributed by atoms with E-state index in [1.54, 1.807) is 18.0 Å². The van der Waals surface area contributed by atoms with Gasteiger partial charge in [0.1, 0.15) is 0 Å². The zero-order chi connectivity index (χ0) is 13.0. The summed E-state index contributed by atoms with van der Waals surface area (Å²) < 4.78 is 0. The number of nitrogens with zero attached hydrogens (tertiary/aromatic N) is 1. The molecule has 1 aromatic carbocycles. The number of aromatic carboxylic acids is 1. The number of carbonyl (C=O) groups is 2. The van der Waals surface area contributed by atoms with Crippen molar-refractivity contribution in [2.24, 2.45) is 5.73 Å². The highest BCUT2D eigenvalue weighted by molar-refractivity contribution is 5.90. The van der Waals surface area contributed by atoms with Gasteiger partial charge < -0.3 is 21.5 Å². The van der Waals surface area contributed by atoms with Gasteiger partial charge in [-0.1, -0.05) is 0 Å². The van der Waals surface area contributed by atoms with Crippen LogP contribution in [0.3, 0.4) is 0 Å². The Balaban J connectivity index is 2.84. The Bertz CT molecular complexity index is 446. The highest BCUT2D eigenvalue weighted by Gasteiger charge is 2.10. The van der Waals surface area contributed by atoms with Crippen molar-refractivity contribution in [2.45, 2.75) is 6.42 Å². The first-order valence-electron chi connectivity index (χ1n) is 5.04. The first-order valence-corrected chi connectivity index (χ1v) is 5.04. The van der Waals surface area contributed by atoms with Crippen LogP contribution in [0.4, 0.5) is 11.4 Å². The van der Waals surface area contributed by atoms with Crippen molar-refractivity contribution in [1.82, 2.24) is 0 Å². The Hall–Kier alpha value is -2.24. The molecule has 1 amide bonds. The van der Waals surface area contributed by atoms with Crippen molar-refractivity contribution in [3.63, 3.8) is 0 Å². The van der Waals surface area contributed by atoms with E-state index in [9.17, 15) is 9.59 Å². The molecule has 0 unspecified atom stereocenters. The number of benzene rings is 1. The van der Waals surface area contributed by atoms with E-state index in [4.69, 9.17) is 16.6 Å². The number of rotatable bonds is 5. The number of nitrogen functional groups attached to an aromatic ring is 1. The van der Waals surface area contributed by atoms with Crippen molar-refractivity contribution in [3.8, 4) is 0 Å². The van der Waals surface area contributed by atoms with E-state index in [1.165, 1.54) is 12.1 Å². The molecule has 6 heteroatoms. The summed E-state index contributed by atoms with van der Waals surface area (Å²) in [6, 6.07) is 4.47. The van der Waals surface area contributed by atoms with Gasteiger partial charge in [-0.25, -0.2) is 4.79 Å². The number of primary amides is 1. The maximum Gasteiger partial charge on any atom is 0.335 e. The molecule has 6 nitrogen and oxygen atoms in total. The zero-order valence-corrected chi connectivity index (χ0v) is 9.51. The van der Waals surface area contributed by atoms with Crippen LogP contribution in [0, 0.1) is 0 Å². The van der Waals surface area contributed by atoms with Crippen molar-refractivity contribution >= 4 is 23.3 Å². The molecule has 0 atom stereocenters. The van der Waals surface area contributed by atoms with Crippen LogP contribution < -0.4 is 16.4 Å². The van der Waals surface area contributed by atoms with Gasteiger partial charge in [-0.05, 0) is 18.2 Å². The lowest BCUT2D eigenvalue weighted by Crippen LogP contribution is -2.24. The van der Waals surface area contributed by atoms with Gasteiger partial charge in [0, 0.05) is 20.0 Å². The van der Waals surface area contributed by atoms with Gasteiger partial charge in [0.25, 0.3) is 0 Å². The molecule has 0 spiro atoms. The summed E-state index contributed by atoms with van der Waals surface area (Å²) in [5, 5.41) is 8.78. The topological polar surface area (TPSA) is 110 Å². The minimum Gasteiger partial charge on any atom is -0.478 e. The summed E-state index contributed by atoms with van der Waals surface area (Å²) in [6.45, 7) is 0.436. The molecule has 1 aromatic rings. The summed E-state index contributed by atoms with van der Waals surface area (Å²) in [6.07, 6.45) is 0.219. The lowest BCUT2D eigenvalue weighted by atomic mass is 10.1. The zero-order valence-electron chi connectivity index (χ0n) is 9.51. The number of carboxylic acid groups (broad SMARTS) is 1. The van der Waals surface area contributed by atoms with Crippen LogP contribution in [-0.2, 0) is 4.79 Å². The second kappa shape index (κ2) is 5.20. The fourth-order valence-electron chi connectivity index (χ4n) is 1.43. The van der Waals surface area contributed by atoms with E-state index in [-0.39, 0.29) is 12.0 Å². The second-order valence-electron chi connectivity index (χ2n) is 3.72. The van der Waals surface area contributed by atoms with Gasteiger partial charge in [0.15, 0.2) is 0 Å². The minimum atomic E-state index is -1.02. The molecule has 0 saturated carbocycles. The molecule has 0 radical (unpaired) electrons. The average Bonchev–Trinajstić information content (AvgIpc) is 2.25. The first kappa shape index (κ1) is 12.8. The van der Waals surface area contributed by atoms with E-state index >= 15 is 0 Å². The van der Waals surface area contributed by atoms with Crippen LogP contribution in [0.25, 0.3) is 0 Å². The van der Waals surface area contributed by atoms with Crippen LogP contribution in [0.1, 0.15) is 16.8 Å². The third-order valence-electron chi connectivity index (χ3n) is 2.38. The standard InChI is InChI=1S/C11H15N3O3/c1-14(5-4-10(13)15)9-3-2-7(11(16)17)6-8(9)12/h2-3,6H,4-5,12H2,1H3,(H2,13,15)(H,16,17). The molecule has 0 saturated heterocycles. The molecule has 5 N–H and O–H groups in total. The normalized spacial score (nSPS) is 9.94. The van der Waals surface area contributed by atoms with E-state index in [1.807, 2.05) is 0 Å². The quantitative estimate of drug-likeness (QED) is 0.637. The van der Waals surface area contributed by atoms with E-state index in [0.717, 1.165) is 0 Å². The average molecular weight is 237 g/mol. The van der Waals surface area contributed by atoms with Crippen LogP contribution in [-0.4, -0.2) is 30.6 Å². The van der Waals surface area contributed by atoms with Crippen molar-refractivity contribution in [2.75, 3.05) is 24.2 Å². The van der Waals surface area contributed by atoms with Gasteiger partial charge in [-0.15, -0.1) is 0 Å². The highest BCUT2D eigenvalue weighted by Crippen LogP contribution is 2.23. The van der Waals surface area contributed by atoms with E-state index in [2.05, 4.69) is 0 Å². The summed E-state index contributed by atoms with van der Waals surface area (Å²) in [4.78, 5) is 23.1.